The summed E-state index contributed by atoms with van der Waals surface area (Å²) >= 11 is 3.38. The van der Waals surface area contributed by atoms with E-state index in [0.29, 0.717) is 0 Å². The average molecular weight is 320 g/mol. The molecule has 0 radical (unpaired) electrons. The standard InChI is InChI=1S/C16H18BrNO/c17-14-9-7-13(8-10-14)16(19)15(18)11-6-12-4-2-1-3-5-12/h1-5,7-10,15-16,19H,6,11,18H2. The van der Waals surface area contributed by atoms with Crippen LogP contribution in [-0.2, 0) is 6.42 Å². The van der Waals surface area contributed by atoms with Gasteiger partial charge in [0.15, 0.2) is 0 Å². The first-order chi connectivity index (χ1) is 9.16. The molecule has 0 aromatic heterocycles. The van der Waals surface area contributed by atoms with Gasteiger partial charge in [0.05, 0.1) is 6.10 Å². The molecule has 2 rings (SSSR count). The second-order valence-electron chi connectivity index (χ2n) is 4.68. The Labute approximate surface area is 122 Å². The number of aliphatic hydroxyl groups is 1. The Kier molecular flexibility index (Phi) is 5.14. The topological polar surface area (TPSA) is 46.2 Å². The highest BCUT2D eigenvalue weighted by molar-refractivity contribution is 9.10. The predicted octanol–water partition coefficient (Wildman–Crippen LogP) is 3.44. The van der Waals surface area contributed by atoms with Crippen LogP contribution < -0.4 is 5.73 Å². The van der Waals surface area contributed by atoms with Crippen molar-refractivity contribution in [2.75, 3.05) is 0 Å². The van der Waals surface area contributed by atoms with Crippen LogP contribution >= 0.6 is 15.9 Å². The van der Waals surface area contributed by atoms with Gasteiger partial charge < -0.3 is 10.8 Å². The molecule has 2 atom stereocenters. The number of rotatable bonds is 5. The maximum atomic E-state index is 10.2. The minimum absolute atomic E-state index is 0.249. The molecule has 0 spiro atoms. The Bertz CT molecular complexity index is 498. The van der Waals surface area contributed by atoms with Gasteiger partial charge in [0.2, 0.25) is 0 Å². The summed E-state index contributed by atoms with van der Waals surface area (Å²) in [6.07, 6.45) is 1.04. The zero-order valence-corrected chi connectivity index (χ0v) is 12.3. The second kappa shape index (κ2) is 6.85. The maximum absolute atomic E-state index is 10.2. The van der Waals surface area contributed by atoms with Crippen molar-refractivity contribution in [3.8, 4) is 0 Å². The van der Waals surface area contributed by atoms with Gasteiger partial charge in [0, 0.05) is 10.5 Å². The van der Waals surface area contributed by atoms with Gasteiger partial charge in [0.25, 0.3) is 0 Å². The monoisotopic (exact) mass is 319 g/mol. The summed E-state index contributed by atoms with van der Waals surface area (Å²) in [7, 11) is 0. The molecule has 2 nitrogen and oxygen atoms in total. The fourth-order valence-electron chi connectivity index (χ4n) is 2.04. The summed E-state index contributed by atoms with van der Waals surface area (Å²) in [5.74, 6) is 0. The van der Waals surface area contributed by atoms with Crippen LogP contribution in [0.3, 0.4) is 0 Å². The Morgan fingerprint density at radius 2 is 1.63 bits per heavy atom. The van der Waals surface area contributed by atoms with Crippen molar-refractivity contribution in [3.63, 3.8) is 0 Å². The van der Waals surface area contributed by atoms with Gasteiger partial charge in [-0.2, -0.15) is 0 Å². The van der Waals surface area contributed by atoms with Crippen LogP contribution in [0.15, 0.2) is 59.1 Å². The number of benzene rings is 2. The van der Waals surface area contributed by atoms with E-state index < -0.39 is 6.10 Å². The Hall–Kier alpha value is -1.16. The minimum Gasteiger partial charge on any atom is -0.387 e. The highest BCUT2D eigenvalue weighted by Gasteiger charge is 2.16. The fraction of sp³-hybridized carbons (Fsp3) is 0.250. The lowest BCUT2D eigenvalue weighted by Crippen LogP contribution is -2.28. The highest BCUT2D eigenvalue weighted by atomic mass is 79.9. The molecule has 0 bridgehead atoms. The first-order valence-corrected chi connectivity index (χ1v) is 7.19. The summed E-state index contributed by atoms with van der Waals surface area (Å²) in [5, 5.41) is 10.2. The molecule has 3 heteroatoms. The summed E-state index contributed by atoms with van der Waals surface area (Å²) < 4.78 is 1.00. The van der Waals surface area contributed by atoms with Crippen LogP contribution in [0, 0.1) is 0 Å². The molecule has 2 unspecified atom stereocenters. The number of hydrogen-bond acceptors (Lipinski definition) is 2. The molecule has 3 N–H and O–H groups in total. The van der Waals surface area contributed by atoms with Gasteiger partial charge in [-0.3, -0.25) is 0 Å². The quantitative estimate of drug-likeness (QED) is 0.886. The van der Waals surface area contributed by atoms with Gasteiger partial charge in [-0.05, 0) is 36.1 Å². The third-order valence-electron chi connectivity index (χ3n) is 3.23. The number of aliphatic hydroxyl groups excluding tert-OH is 1. The predicted molar refractivity (Wildman–Crippen MR) is 81.8 cm³/mol. The summed E-state index contributed by atoms with van der Waals surface area (Å²) in [5.41, 5.74) is 8.19. The van der Waals surface area contributed by atoms with E-state index in [1.54, 1.807) is 0 Å². The van der Waals surface area contributed by atoms with E-state index >= 15 is 0 Å². The van der Waals surface area contributed by atoms with Crippen molar-refractivity contribution in [1.29, 1.82) is 0 Å². The molecule has 2 aromatic rings. The van der Waals surface area contributed by atoms with Gasteiger partial charge in [-0.25, -0.2) is 0 Å². The first kappa shape index (κ1) is 14.3. The zero-order chi connectivity index (χ0) is 13.7. The van der Waals surface area contributed by atoms with Crippen molar-refractivity contribution in [3.05, 3.63) is 70.2 Å². The number of aryl methyl sites for hydroxylation is 1. The van der Waals surface area contributed by atoms with Gasteiger partial charge in [-0.1, -0.05) is 58.4 Å². The van der Waals surface area contributed by atoms with E-state index in [0.717, 1.165) is 22.9 Å². The molecule has 2 aromatic carbocycles. The van der Waals surface area contributed by atoms with Crippen molar-refractivity contribution in [2.24, 2.45) is 5.73 Å². The van der Waals surface area contributed by atoms with Crippen LogP contribution in [-0.4, -0.2) is 11.1 Å². The fourth-order valence-corrected chi connectivity index (χ4v) is 2.31. The van der Waals surface area contributed by atoms with Crippen molar-refractivity contribution >= 4 is 15.9 Å². The van der Waals surface area contributed by atoms with Crippen molar-refractivity contribution in [2.45, 2.75) is 25.0 Å². The average Bonchev–Trinajstić information content (AvgIpc) is 2.46. The van der Waals surface area contributed by atoms with E-state index in [1.807, 2.05) is 42.5 Å². The number of nitrogens with two attached hydrogens (primary N) is 1. The van der Waals surface area contributed by atoms with Crippen LogP contribution in [0.2, 0.25) is 0 Å². The molecule has 0 amide bonds. The van der Waals surface area contributed by atoms with Crippen LogP contribution in [0.1, 0.15) is 23.7 Å². The van der Waals surface area contributed by atoms with Gasteiger partial charge >= 0.3 is 0 Å². The highest BCUT2D eigenvalue weighted by Crippen LogP contribution is 2.21. The van der Waals surface area contributed by atoms with Crippen LogP contribution in [0.25, 0.3) is 0 Å². The Balaban J connectivity index is 1.92. The third-order valence-corrected chi connectivity index (χ3v) is 3.75. The summed E-state index contributed by atoms with van der Waals surface area (Å²) in [6.45, 7) is 0. The van der Waals surface area contributed by atoms with E-state index in [2.05, 4.69) is 28.1 Å². The molecule has 0 aliphatic carbocycles. The van der Waals surface area contributed by atoms with Gasteiger partial charge in [0.1, 0.15) is 0 Å². The van der Waals surface area contributed by atoms with E-state index in [4.69, 9.17) is 5.73 Å². The molecule has 0 aliphatic rings. The van der Waals surface area contributed by atoms with Crippen LogP contribution in [0.5, 0.6) is 0 Å². The number of hydrogen-bond donors (Lipinski definition) is 2. The molecule has 0 aliphatic heterocycles. The minimum atomic E-state index is -0.614. The molecule has 100 valence electrons. The molecule has 0 saturated heterocycles. The largest absolute Gasteiger partial charge is 0.387 e. The molecule has 0 saturated carbocycles. The number of halogens is 1. The Morgan fingerprint density at radius 1 is 1.00 bits per heavy atom. The normalized spacial score (nSPS) is 14.1. The summed E-state index contributed by atoms with van der Waals surface area (Å²) in [6, 6.07) is 17.6. The van der Waals surface area contributed by atoms with Gasteiger partial charge in [-0.15, -0.1) is 0 Å². The lowest BCUT2D eigenvalue weighted by atomic mass is 9.97. The molecule has 0 fully saturated rings. The smallest absolute Gasteiger partial charge is 0.0940 e. The summed E-state index contributed by atoms with van der Waals surface area (Å²) in [4.78, 5) is 0. The SMILES string of the molecule is NC(CCc1ccccc1)C(O)c1ccc(Br)cc1. The molecule has 0 heterocycles. The van der Waals surface area contributed by atoms with Crippen molar-refractivity contribution in [1.82, 2.24) is 0 Å². The van der Waals surface area contributed by atoms with E-state index in [-0.39, 0.29) is 6.04 Å². The second-order valence-corrected chi connectivity index (χ2v) is 5.60. The van der Waals surface area contributed by atoms with E-state index in [1.165, 1.54) is 5.56 Å². The third kappa shape index (κ3) is 4.16. The van der Waals surface area contributed by atoms with Crippen LogP contribution in [0.4, 0.5) is 0 Å². The lowest BCUT2D eigenvalue weighted by molar-refractivity contribution is 0.142. The Morgan fingerprint density at radius 3 is 2.26 bits per heavy atom. The molecule has 19 heavy (non-hydrogen) atoms. The lowest BCUT2D eigenvalue weighted by Gasteiger charge is -2.19. The van der Waals surface area contributed by atoms with Crippen molar-refractivity contribution < 1.29 is 5.11 Å². The zero-order valence-electron chi connectivity index (χ0n) is 10.7. The molecular weight excluding hydrogens is 302 g/mol. The molecular formula is C16H18BrNO. The van der Waals surface area contributed by atoms with E-state index in [9.17, 15) is 5.11 Å². The maximum Gasteiger partial charge on any atom is 0.0940 e. The first-order valence-electron chi connectivity index (χ1n) is 6.40.